The number of nitrogens with one attached hydrogen (secondary N) is 1. The van der Waals surface area contributed by atoms with Gasteiger partial charge in [-0.3, -0.25) is 4.79 Å². The molecule has 1 aromatic heterocycles. The van der Waals surface area contributed by atoms with Crippen LogP contribution in [-0.2, 0) is 4.79 Å². The third-order valence-corrected chi connectivity index (χ3v) is 2.51. The van der Waals surface area contributed by atoms with E-state index in [0.717, 1.165) is 5.00 Å². The first-order chi connectivity index (χ1) is 6.22. The van der Waals surface area contributed by atoms with Crippen molar-refractivity contribution in [2.24, 2.45) is 11.7 Å². The lowest BCUT2D eigenvalue weighted by Crippen LogP contribution is -2.19. The highest BCUT2D eigenvalue weighted by molar-refractivity contribution is 7.14. The van der Waals surface area contributed by atoms with Crippen LogP contribution in [-0.4, -0.2) is 12.5 Å². The minimum Gasteiger partial charge on any atom is -0.330 e. The molecule has 72 valence electrons. The zero-order valence-electron chi connectivity index (χ0n) is 7.62. The highest BCUT2D eigenvalue weighted by atomic mass is 32.1. The van der Waals surface area contributed by atoms with Crippen LogP contribution in [0.3, 0.4) is 0 Å². The van der Waals surface area contributed by atoms with Crippen LogP contribution in [0.1, 0.15) is 13.3 Å². The second-order valence-corrected chi connectivity index (χ2v) is 4.02. The Morgan fingerprint density at radius 1 is 1.77 bits per heavy atom. The van der Waals surface area contributed by atoms with Gasteiger partial charge in [0.25, 0.3) is 0 Å². The predicted molar refractivity (Wildman–Crippen MR) is 55.8 cm³/mol. The number of nitrogens with two attached hydrogens (primary N) is 1. The van der Waals surface area contributed by atoms with Gasteiger partial charge in [0.2, 0.25) is 5.91 Å². The Labute approximate surface area is 81.9 Å². The smallest absolute Gasteiger partial charge is 0.225 e. The van der Waals surface area contributed by atoms with Crippen LogP contribution in [0.5, 0.6) is 0 Å². The van der Waals surface area contributed by atoms with Gasteiger partial charge in [-0.2, -0.15) is 0 Å². The number of carbonyl (C=O) groups excluding carboxylic acids is 1. The minimum atomic E-state index is 0.0420. The van der Waals surface area contributed by atoms with E-state index in [2.05, 4.69) is 5.32 Å². The van der Waals surface area contributed by atoms with Crippen LogP contribution in [0, 0.1) is 5.92 Å². The Bertz CT molecular complexity index is 259. The van der Waals surface area contributed by atoms with Gasteiger partial charge in [0.1, 0.15) is 0 Å². The lowest BCUT2D eigenvalue weighted by molar-refractivity contribution is -0.116. The van der Waals surface area contributed by atoms with Crippen LogP contribution in [0.15, 0.2) is 17.5 Å². The largest absolute Gasteiger partial charge is 0.330 e. The number of thiophene rings is 1. The summed E-state index contributed by atoms with van der Waals surface area (Å²) in [5.74, 6) is 0.292. The standard InChI is InChI=1S/C9H14N2OS/c1-7(6-10)5-8(12)11-9-3-2-4-13-9/h2-4,7H,5-6,10H2,1H3,(H,11,12). The highest BCUT2D eigenvalue weighted by Gasteiger charge is 2.07. The Balaban J connectivity index is 2.34. The molecule has 0 radical (unpaired) electrons. The summed E-state index contributed by atoms with van der Waals surface area (Å²) in [5.41, 5.74) is 5.42. The van der Waals surface area contributed by atoms with Crippen molar-refractivity contribution in [1.29, 1.82) is 0 Å². The van der Waals surface area contributed by atoms with Gasteiger partial charge in [-0.1, -0.05) is 6.92 Å². The summed E-state index contributed by atoms with van der Waals surface area (Å²) in [6, 6.07) is 3.79. The van der Waals surface area contributed by atoms with Crippen LogP contribution in [0.25, 0.3) is 0 Å². The Hall–Kier alpha value is -0.870. The van der Waals surface area contributed by atoms with E-state index < -0.39 is 0 Å². The van der Waals surface area contributed by atoms with Crippen molar-refractivity contribution in [3.05, 3.63) is 17.5 Å². The van der Waals surface area contributed by atoms with Gasteiger partial charge in [0.05, 0.1) is 5.00 Å². The monoisotopic (exact) mass is 198 g/mol. The van der Waals surface area contributed by atoms with Crippen LogP contribution >= 0.6 is 11.3 Å². The maximum absolute atomic E-state index is 11.3. The van der Waals surface area contributed by atoms with Crippen molar-refractivity contribution in [3.63, 3.8) is 0 Å². The van der Waals surface area contributed by atoms with Gasteiger partial charge in [0, 0.05) is 6.42 Å². The molecule has 3 nitrogen and oxygen atoms in total. The first kappa shape index (κ1) is 10.2. The van der Waals surface area contributed by atoms with Gasteiger partial charge in [0.15, 0.2) is 0 Å². The lowest BCUT2D eigenvalue weighted by Gasteiger charge is -2.07. The maximum atomic E-state index is 11.3. The average Bonchev–Trinajstić information content (AvgIpc) is 2.56. The normalized spacial score (nSPS) is 12.5. The van der Waals surface area contributed by atoms with E-state index in [1.165, 1.54) is 11.3 Å². The van der Waals surface area contributed by atoms with Gasteiger partial charge in [-0.25, -0.2) is 0 Å². The Kier molecular flexibility index (Phi) is 3.92. The molecule has 0 aliphatic heterocycles. The quantitative estimate of drug-likeness (QED) is 0.773. The summed E-state index contributed by atoms with van der Waals surface area (Å²) in [6.07, 6.45) is 0.494. The molecule has 0 aliphatic carbocycles. The van der Waals surface area contributed by atoms with Gasteiger partial charge in [-0.05, 0) is 30.0 Å². The molecule has 1 amide bonds. The summed E-state index contributed by atoms with van der Waals surface area (Å²) >= 11 is 1.52. The first-order valence-corrected chi connectivity index (χ1v) is 5.13. The predicted octanol–water partition coefficient (Wildman–Crippen LogP) is 1.67. The number of carbonyl (C=O) groups is 1. The summed E-state index contributed by atoms with van der Waals surface area (Å²) < 4.78 is 0. The maximum Gasteiger partial charge on any atom is 0.225 e. The molecule has 13 heavy (non-hydrogen) atoms. The summed E-state index contributed by atoms with van der Waals surface area (Å²) in [7, 11) is 0. The molecule has 1 heterocycles. The van der Waals surface area contributed by atoms with Crippen molar-refractivity contribution < 1.29 is 4.79 Å². The molecule has 1 rings (SSSR count). The fourth-order valence-electron chi connectivity index (χ4n) is 0.938. The molecule has 4 heteroatoms. The van der Waals surface area contributed by atoms with Crippen molar-refractivity contribution in [2.45, 2.75) is 13.3 Å². The lowest BCUT2D eigenvalue weighted by atomic mass is 10.1. The number of rotatable bonds is 4. The zero-order chi connectivity index (χ0) is 9.68. The van der Waals surface area contributed by atoms with Crippen LogP contribution in [0.2, 0.25) is 0 Å². The topological polar surface area (TPSA) is 55.1 Å². The van der Waals surface area contributed by atoms with E-state index in [9.17, 15) is 4.79 Å². The Morgan fingerprint density at radius 2 is 2.54 bits per heavy atom. The molecule has 1 unspecified atom stereocenters. The molecule has 0 aliphatic rings. The zero-order valence-corrected chi connectivity index (χ0v) is 8.43. The SMILES string of the molecule is CC(CN)CC(=O)Nc1cccs1. The van der Waals surface area contributed by atoms with Crippen LogP contribution < -0.4 is 11.1 Å². The number of hydrogen-bond donors (Lipinski definition) is 2. The van der Waals surface area contributed by atoms with Crippen LogP contribution in [0.4, 0.5) is 5.00 Å². The number of hydrogen-bond acceptors (Lipinski definition) is 3. The summed E-state index contributed by atoms with van der Waals surface area (Å²) in [5, 5.41) is 5.64. The Morgan fingerprint density at radius 3 is 3.08 bits per heavy atom. The van der Waals surface area contributed by atoms with Gasteiger partial charge < -0.3 is 11.1 Å². The number of amides is 1. The van der Waals surface area contributed by atoms with E-state index in [4.69, 9.17) is 5.73 Å². The molecular formula is C9H14N2OS. The molecule has 0 saturated carbocycles. The second kappa shape index (κ2) is 4.99. The summed E-state index contributed by atoms with van der Waals surface area (Å²) in [6.45, 7) is 2.52. The van der Waals surface area contributed by atoms with Crippen molar-refractivity contribution in [3.8, 4) is 0 Å². The highest BCUT2D eigenvalue weighted by Crippen LogP contribution is 2.15. The van der Waals surface area contributed by atoms with Crippen molar-refractivity contribution >= 4 is 22.2 Å². The van der Waals surface area contributed by atoms with E-state index in [0.29, 0.717) is 13.0 Å². The molecular weight excluding hydrogens is 184 g/mol. The minimum absolute atomic E-state index is 0.0420. The van der Waals surface area contributed by atoms with E-state index in [1.807, 2.05) is 24.4 Å². The van der Waals surface area contributed by atoms with Gasteiger partial charge in [-0.15, -0.1) is 11.3 Å². The molecule has 0 fully saturated rings. The molecule has 0 saturated heterocycles. The van der Waals surface area contributed by atoms with Crippen molar-refractivity contribution in [2.75, 3.05) is 11.9 Å². The third kappa shape index (κ3) is 3.57. The van der Waals surface area contributed by atoms with E-state index in [-0.39, 0.29) is 11.8 Å². The molecule has 0 aromatic carbocycles. The second-order valence-electron chi connectivity index (χ2n) is 3.07. The van der Waals surface area contributed by atoms with E-state index >= 15 is 0 Å². The van der Waals surface area contributed by atoms with E-state index in [1.54, 1.807) is 0 Å². The third-order valence-electron chi connectivity index (χ3n) is 1.72. The first-order valence-electron chi connectivity index (χ1n) is 4.25. The van der Waals surface area contributed by atoms with Crippen molar-refractivity contribution in [1.82, 2.24) is 0 Å². The molecule has 3 N–H and O–H groups in total. The fourth-order valence-corrected chi connectivity index (χ4v) is 1.57. The average molecular weight is 198 g/mol. The summed E-state index contributed by atoms with van der Waals surface area (Å²) in [4.78, 5) is 11.3. The molecule has 0 bridgehead atoms. The fraction of sp³-hybridized carbons (Fsp3) is 0.444. The molecule has 1 atom stereocenters. The van der Waals surface area contributed by atoms with Gasteiger partial charge >= 0.3 is 0 Å². The molecule has 1 aromatic rings. The number of anilines is 1. The molecule has 0 spiro atoms.